The van der Waals surface area contributed by atoms with Crippen molar-refractivity contribution in [3.8, 4) is 10.6 Å². The number of halogens is 1. The molecule has 0 radical (unpaired) electrons. The monoisotopic (exact) mass is 412 g/mol. The van der Waals surface area contributed by atoms with Crippen LogP contribution in [0.3, 0.4) is 0 Å². The molecule has 0 bridgehead atoms. The molecule has 6 heteroatoms. The number of nitrogens with one attached hydrogen (secondary N) is 1. The van der Waals surface area contributed by atoms with Gasteiger partial charge in [-0.05, 0) is 70.9 Å². The number of amides is 1. The van der Waals surface area contributed by atoms with Gasteiger partial charge in [-0.1, -0.05) is 12.1 Å². The van der Waals surface area contributed by atoms with Crippen molar-refractivity contribution in [1.29, 1.82) is 0 Å². The van der Waals surface area contributed by atoms with Crippen LogP contribution in [0.15, 0.2) is 63.7 Å². The Labute approximate surface area is 156 Å². The molecule has 0 aliphatic heterocycles. The lowest BCUT2D eigenvalue weighted by molar-refractivity contribution is 0.0995. The molecule has 4 rings (SSSR count). The summed E-state index contributed by atoms with van der Waals surface area (Å²) in [6, 6.07) is 17.3. The Hall–Kier alpha value is -2.44. The first kappa shape index (κ1) is 16.1. The summed E-state index contributed by atoms with van der Waals surface area (Å²) in [5.41, 5.74) is 3.76. The van der Waals surface area contributed by atoms with Gasteiger partial charge in [0.15, 0.2) is 10.4 Å². The van der Waals surface area contributed by atoms with Crippen LogP contribution in [-0.4, -0.2) is 10.9 Å². The SMILES string of the molecule is Cc1cc(-c2nc3ccccc3s2)ccc1NC(=O)c1ccc(Br)o1. The Morgan fingerprint density at radius 3 is 2.72 bits per heavy atom. The van der Waals surface area contributed by atoms with Crippen LogP contribution in [-0.2, 0) is 0 Å². The fourth-order valence-corrected chi connectivity index (χ4v) is 3.82. The van der Waals surface area contributed by atoms with Crippen LogP contribution >= 0.6 is 27.3 Å². The molecule has 2 aromatic heterocycles. The number of thiazole rings is 1. The average Bonchev–Trinajstić information content (AvgIpc) is 3.22. The molecule has 4 nitrogen and oxygen atoms in total. The van der Waals surface area contributed by atoms with Crippen molar-refractivity contribution in [2.45, 2.75) is 6.92 Å². The van der Waals surface area contributed by atoms with Gasteiger partial charge in [-0.15, -0.1) is 11.3 Å². The second-order valence-corrected chi connectivity index (χ2v) is 7.39. The van der Waals surface area contributed by atoms with Crippen molar-refractivity contribution in [2.24, 2.45) is 0 Å². The maximum atomic E-state index is 12.2. The van der Waals surface area contributed by atoms with Gasteiger partial charge in [0.1, 0.15) is 5.01 Å². The third-order valence-corrected chi connectivity index (χ3v) is 5.32. The molecule has 1 amide bonds. The molecule has 0 saturated carbocycles. The highest BCUT2D eigenvalue weighted by Crippen LogP contribution is 2.32. The second kappa shape index (κ2) is 6.46. The number of rotatable bonds is 3. The summed E-state index contributed by atoms with van der Waals surface area (Å²) in [6.45, 7) is 1.96. The number of nitrogens with zero attached hydrogens (tertiary/aromatic N) is 1. The number of carbonyl (C=O) groups excluding carboxylic acids is 1. The lowest BCUT2D eigenvalue weighted by Gasteiger charge is -2.08. The zero-order chi connectivity index (χ0) is 17.4. The van der Waals surface area contributed by atoms with Crippen molar-refractivity contribution in [3.05, 3.63) is 70.6 Å². The summed E-state index contributed by atoms with van der Waals surface area (Å²) in [7, 11) is 0. The lowest BCUT2D eigenvalue weighted by atomic mass is 10.1. The van der Waals surface area contributed by atoms with Gasteiger partial charge in [0.25, 0.3) is 5.91 Å². The van der Waals surface area contributed by atoms with Crippen LogP contribution in [0.5, 0.6) is 0 Å². The largest absolute Gasteiger partial charge is 0.444 e. The number of carbonyl (C=O) groups is 1. The van der Waals surface area contributed by atoms with Crippen LogP contribution in [0.4, 0.5) is 5.69 Å². The van der Waals surface area contributed by atoms with E-state index in [1.807, 2.05) is 43.3 Å². The van der Waals surface area contributed by atoms with Gasteiger partial charge in [0, 0.05) is 11.3 Å². The van der Waals surface area contributed by atoms with Crippen molar-refractivity contribution < 1.29 is 9.21 Å². The summed E-state index contributed by atoms with van der Waals surface area (Å²) in [6.07, 6.45) is 0. The van der Waals surface area contributed by atoms with Crippen LogP contribution in [0, 0.1) is 6.92 Å². The Balaban J connectivity index is 1.61. The first-order valence-electron chi connectivity index (χ1n) is 7.63. The first-order chi connectivity index (χ1) is 12.1. The molecule has 0 saturated heterocycles. The van der Waals surface area contributed by atoms with Crippen LogP contribution in [0.1, 0.15) is 16.1 Å². The van der Waals surface area contributed by atoms with Gasteiger partial charge in [-0.25, -0.2) is 4.98 Å². The van der Waals surface area contributed by atoms with E-state index in [0.717, 1.165) is 32.0 Å². The Morgan fingerprint density at radius 1 is 1.16 bits per heavy atom. The third kappa shape index (κ3) is 3.23. The van der Waals surface area contributed by atoms with E-state index in [1.165, 1.54) is 0 Å². The van der Waals surface area contributed by atoms with Gasteiger partial charge < -0.3 is 9.73 Å². The van der Waals surface area contributed by atoms with E-state index < -0.39 is 0 Å². The topological polar surface area (TPSA) is 55.1 Å². The van der Waals surface area contributed by atoms with Crippen molar-refractivity contribution >= 4 is 49.1 Å². The van der Waals surface area contributed by atoms with Crippen molar-refractivity contribution in [1.82, 2.24) is 4.98 Å². The van der Waals surface area contributed by atoms with Gasteiger partial charge in [-0.3, -0.25) is 4.79 Å². The van der Waals surface area contributed by atoms with E-state index in [-0.39, 0.29) is 11.7 Å². The van der Waals surface area contributed by atoms with Crippen LogP contribution < -0.4 is 5.32 Å². The predicted octanol–water partition coefficient (Wildman–Crippen LogP) is 5.88. The Kier molecular flexibility index (Phi) is 4.15. The van der Waals surface area contributed by atoms with Crippen LogP contribution in [0.25, 0.3) is 20.8 Å². The van der Waals surface area contributed by atoms with Gasteiger partial charge >= 0.3 is 0 Å². The molecule has 0 atom stereocenters. The first-order valence-corrected chi connectivity index (χ1v) is 9.24. The summed E-state index contributed by atoms with van der Waals surface area (Å²) in [5.74, 6) is -0.0111. The maximum absolute atomic E-state index is 12.2. The number of anilines is 1. The zero-order valence-electron chi connectivity index (χ0n) is 13.2. The summed E-state index contributed by atoms with van der Waals surface area (Å²) in [4.78, 5) is 16.9. The molecule has 0 fully saturated rings. The number of hydrogen-bond acceptors (Lipinski definition) is 4. The molecule has 124 valence electrons. The molecule has 0 spiro atoms. The van der Waals surface area contributed by atoms with Gasteiger partial charge in [-0.2, -0.15) is 0 Å². The molecule has 25 heavy (non-hydrogen) atoms. The number of hydrogen-bond donors (Lipinski definition) is 1. The Bertz CT molecular complexity index is 1050. The summed E-state index contributed by atoms with van der Waals surface area (Å²) >= 11 is 4.86. The van der Waals surface area contributed by atoms with E-state index in [4.69, 9.17) is 4.42 Å². The number of aryl methyl sites for hydroxylation is 1. The Morgan fingerprint density at radius 2 is 2.00 bits per heavy atom. The highest BCUT2D eigenvalue weighted by molar-refractivity contribution is 9.10. The normalized spacial score (nSPS) is 11.0. The number of para-hydroxylation sites is 1. The minimum atomic E-state index is -0.276. The number of fused-ring (bicyclic) bond motifs is 1. The maximum Gasteiger partial charge on any atom is 0.291 e. The fourth-order valence-electron chi connectivity index (χ4n) is 2.55. The smallest absolute Gasteiger partial charge is 0.291 e. The molecule has 4 aromatic rings. The minimum absolute atomic E-state index is 0.265. The van der Waals surface area contributed by atoms with E-state index in [9.17, 15) is 4.79 Å². The highest BCUT2D eigenvalue weighted by Gasteiger charge is 2.13. The second-order valence-electron chi connectivity index (χ2n) is 5.57. The van der Waals surface area contributed by atoms with E-state index >= 15 is 0 Å². The standard InChI is InChI=1S/C19H13BrN2O2S/c1-11-10-12(19-22-14-4-2-3-5-16(14)25-19)6-7-13(11)21-18(23)15-8-9-17(20)24-15/h2-10H,1H3,(H,21,23). The lowest BCUT2D eigenvalue weighted by Crippen LogP contribution is -2.11. The molecular formula is C19H13BrN2O2S. The average molecular weight is 413 g/mol. The van der Waals surface area contributed by atoms with Gasteiger partial charge in [0.2, 0.25) is 0 Å². The molecule has 2 aromatic carbocycles. The molecule has 0 aliphatic rings. The zero-order valence-corrected chi connectivity index (χ0v) is 15.6. The quantitative estimate of drug-likeness (QED) is 0.456. The van der Waals surface area contributed by atoms with Crippen molar-refractivity contribution in [2.75, 3.05) is 5.32 Å². The van der Waals surface area contributed by atoms with Crippen LogP contribution in [0.2, 0.25) is 0 Å². The molecule has 0 aliphatic carbocycles. The van der Waals surface area contributed by atoms with E-state index in [1.54, 1.807) is 23.5 Å². The molecule has 0 unspecified atom stereocenters. The minimum Gasteiger partial charge on any atom is -0.444 e. The summed E-state index contributed by atoms with van der Waals surface area (Å²) in [5, 5.41) is 3.84. The van der Waals surface area contributed by atoms with Crippen molar-refractivity contribution in [3.63, 3.8) is 0 Å². The number of benzene rings is 2. The highest BCUT2D eigenvalue weighted by atomic mass is 79.9. The van der Waals surface area contributed by atoms with E-state index in [0.29, 0.717) is 4.67 Å². The fraction of sp³-hybridized carbons (Fsp3) is 0.0526. The van der Waals surface area contributed by atoms with Gasteiger partial charge in [0.05, 0.1) is 10.2 Å². The van der Waals surface area contributed by atoms with E-state index in [2.05, 4.69) is 32.3 Å². The molecular weight excluding hydrogens is 400 g/mol. The molecule has 1 N–H and O–H groups in total. The number of furan rings is 1. The number of aromatic nitrogens is 1. The molecule has 2 heterocycles. The summed E-state index contributed by atoms with van der Waals surface area (Å²) < 4.78 is 6.97. The third-order valence-electron chi connectivity index (χ3n) is 3.81. The predicted molar refractivity (Wildman–Crippen MR) is 104 cm³/mol.